The first-order valence-corrected chi connectivity index (χ1v) is 10.5. The Labute approximate surface area is 156 Å². The van der Waals surface area contributed by atoms with Crippen molar-refractivity contribution in [2.75, 3.05) is 0 Å². The van der Waals surface area contributed by atoms with Gasteiger partial charge in [0, 0.05) is 17.1 Å². The minimum Gasteiger partial charge on any atom is -0.207 e. The van der Waals surface area contributed by atoms with Crippen LogP contribution in [-0.4, -0.2) is 24.8 Å². The number of nitrogens with zero attached hydrogens (tertiary/aromatic N) is 1. The van der Waals surface area contributed by atoms with Gasteiger partial charge in [-0.1, -0.05) is 48.9 Å². The van der Waals surface area contributed by atoms with Gasteiger partial charge in [-0.3, -0.25) is 0 Å². The lowest BCUT2D eigenvalue weighted by Crippen LogP contribution is -2.44. The van der Waals surface area contributed by atoms with Crippen LogP contribution in [0.25, 0.3) is 0 Å². The van der Waals surface area contributed by atoms with Gasteiger partial charge < -0.3 is 0 Å². The quantitative estimate of drug-likeness (QED) is 0.636. The normalized spacial score (nSPS) is 14.4. The Morgan fingerprint density at radius 3 is 2.12 bits per heavy atom. The smallest absolute Gasteiger partial charge is 0.207 e. The van der Waals surface area contributed by atoms with Crippen molar-refractivity contribution in [3.05, 3.63) is 65.2 Å². The second kappa shape index (κ2) is 8.84. The van der Waals surface area contributed by atoms with E-state index in [0.717, 1.165) is 19.3 Å². The van der Waals surface area contributed by atoms with Crippen LogP contribution >= 0.6 is 11.6 Å². The summed E-state index contributed by atoms with van der Waals surface area (Å²) in [5, 5.41) is 0.533. The Hall–Kier alpha value is -1.36. The van der Waals surface area contributed by atoms with Crippen LogP contribution < -0.4 is 0 Å². The maximum Gasteiger partial charge on any atom is 0.243 e. The fourth-order valence-electron chi connectivity index (χ4n) is 2.96. The maximum absolute atomic E-state index is 13.2. The van der Waals surface area contributed by atoms with Gasteiger partial charge in [0.05, 0.1) is 4.90 Å². The van der Waals surface area contributed by atoms with Crippen molar-refractivity contribution in [2.24, 2.45) is 0 Å². The molecular weight excluding hydrogens is 354 g/mol. The topological polar surface area (TPSA) is 37.4 Å². The molecule has 136 valence electrons. The molecule has 0 aliphatic heterocycles. The molecule has 2 atom stereocenters. The lowest BCUT2D eigenvalue weighted by Gasteiger charge is -2.33. The van der Waals surface area contributed by atoms with Crippen LogP contribution in [0.15, 0.2) is 59.5 Å². The highest BCUT2D eigenvalue weighted by Crippen LogP contribution is 2.25. The second-order valence-electron chi connectivity index (χ2n) is 6.42. The minimum atomic E-state index is -3.56. The molecule has 2 aromatic carbocycles. The molecule has 0 amide bonds. The van der Waals surface area contributed by atoms with Gasteiger partial charge in [-0.15, -0.1) is 0 Å². The summed E-state index contributed by atoms with van der Waals surface area (Å²) in [6.07, 6.45) is 2.40. The predicted molar refractivity (Wildman–Crippen MR) is 104 cm³/mol. The zero-order chi connectivity index (χ0) is 18.4. The van der Waals surface area contributed by atoms with Crippen molar-refractivity contribution in [3.63, 3.8) is 0 Å². The van der Waals surface area contributed by atoms with Crippen molar-refractivity contribution in [1.82, 2.24) is 4.31 Å². The van der Waals surface area contributed by atoms with E-state index in [0.29, 0.717) is 9.92 Å². The molecule has 0 bridgehead atoms. The summed E-state index contributed by atoms with van der Waals surface area (Å²) in [6.45, 7) is 5.97. The number of benzene rings is 2. The monoisotopic (exact) mass is 379 g/mol. The van der Waals surface area contributed by atoms with Gasteiger partial charge in [0.1, 0.15) is 0 Å². The SMILES string of the molecule is CCC(C)N([C@H](C)CCc1ccccc1)S(=O)(=O)c1ccc(Cl)cc1. The van der Waals surface area contributed by atoms with Crippen LogP contribution in [0, 0.1) is 0 Å². The molecule has 3 nitrogen and oxygen atoms in total. The lowest BCUT2D eigenvalue weighted by atomic mass is 10.1. The molecule has 0 heterocycles. The Bertz CT molecular complexity index is 760. The first-order chi connectivity index (χ1) is 11.9. The number of hydrogen-bond acceptors (Lipinski definition) is 2. The number of hydrogen-bond donors (Lipinski definition) is 0. The van der Waals surface area contributed by atoms with Crippen LogP contribution in [0.1, 0.15) is 39.2 Å². The third-order valence-electron chi connectivity index (χ3n) is 4.54. The molecule has 0 aliphatic rings. The van der Waals surface area contributed by atoms with E-state index >= 15 is 0 Å². The highest BCUT2D eigenvalue weighted by molar-refractivity contribution is 7.89. The van der Waals surface area contributed by atoms with Crippen LogP contribution in [0.4, 0.5) is 0 Å². The van der Waals surface area contributed by atoms with Crippen molar-refractivity contribution >= 4 is 21.6 Å². The van der Waals surface area contributed by atoms with Crippen LogP contribution in [0.5, 0.6) is 0 Å². The van der Waals surface area contributed by atoms with Gasteiger partial charge in [-0.2, -0.15) is 4.31 Å². The van der Waals surface area contributed by atoms with E-state index in [1.54, 1.807) is 28.6 Å². The molecule has 1 unspecified atom stereocenters. The van der Waals surface area contributed by atoms with Crippen LogP contribution in [-0.2, 0) is 16.4 Å². The third-order valence-corrected chi connectivity index (χ3v) is 6.94. The Morgan fingerprint density at radius 1 is 0.960 bits per heavy atom. The van der Waals surface area contributed by atoms with Gasteiger partial charge in [0.15, 0.2) is 0 Å². The second-order valence-corrected chi connectivity index (χ2v) is 8.70. The molecule has 0 spiro atoms. The summed E-state index contributed by atoms with van der Waals surface area (Å²) < 4.78 is 28.0. The molecule has 2 aromatic rings. The van der Waals surface area contributed by atoms with Gasteiger partial charge in [0.25, 0.3) is 0 Å². The first-order valence-electron chi connectivity index (χ1n) is 8.69. The fourth-order valence-corrected chi connectivity index (χ4v) is 5.02. The Balaban J connectivity index is 2.23. The zero-order valence-electron chi connectivity index (χ0n) is 15.0. The molecule has 0 saturated heterocycles. The third kappa shape index (κ3) is 5.06. The number of sulfonamides is 1. The molecule has 25 heavy (non-hydrogen) atoms. The number of rotatable bonds is 8. The summed E-state index contributed by atoms with van der Waals surface area (Å²) in [6, 6.07) is 16.4. The average molecular weight is 380 g/mol. The van der Waals surface area contributed by atoms with Gasteiger partial charge in [0.2, 0.25) is 10.0 Å². The summed E-state index contributed by atoms with van der Waals surface area (Å²) in [5.41, 5.74) is 1.22. The molecular formula is C20H26ClNO2S. The standard InChI is InChI=1S/C20H26ClNO2S/c1-4-16(2)22(17(3)10-11-18-8-6-5-7-9-18)25(23,24)20-14-12-19(21)13-15-20/h5-9,12-17H,4,10-11H2,1-3H3/t16?,17-/m1/s1. The molecule has 0 saturated carbocycles. The molecule has 2 rings (SSSR count). The summed E-state index contributed by atoms with van der Waals surface area (Å²) in [4.78, 5) is 0.295. The van der Waals surface area contributed by atoms with E-state index < -0.39 is 10.0 Å². The van der Waals surface area contributed by atoms with Gasteiger partial charge in [-0.05, 0) is 62.9 Å². The highest BCUT2D eigenvalue weighted by Gasteiger charge is 2.32. The average Bonchev–Trinajstić information content (AvgIpc) is 2.61. The van der Waals surface area contributed by atoms with Crippen LogP contribution in [0.3, 0.4) is 0 Å². The first kappa shape index (κ1) is 20.0. The predicted octanol–water partition coefficient (Wildman–Crippen LogP) is 5.15. The summed E-state index contributed by atoms with van der Waals surface area (Å²) in [7, 11) is -3.56. The van der Waals surface area contributed by atoms with E-state index in [-0.39, 0.29) is 12.1 Å². The molecule has 0 aliphatic carbocycles. The number of halogens is 1. The van der Waals surface area contributed by atoms with E-state index in [2.05, 4.69) is 12.1 Å². The summed E-state index contributed by atoms with van der Waals surface area (Å²) in [5.74, 6) is 0. The lowest BCUT2D eigenvalue weighted by molar-refractivity contribution is 0.257. The molecule has 0 fully saturated rings. The molecule has 5 heteroatoms. The zero-order valence-corrected chi connectivity index (χ0v) is 16.6. The fraction of sp³-hybridized carbons (Fsp3) is 0.400. The molecule has 0 aromatic heterocycles. The maximum atomic E-state index is 13.2. The highest BCUT2D eigenvalue weighted by atomic mass is 35.5. The van der Waals surface area contributed by atoms with Gasteiger partial charge >= 0.3 is 0 Å². The Morgan fingerprint density at radius 2 is 1.56 bits per heavy atom. The van der Waals surface area contributed by atoms with E-state index in [1.807, 2.05) is 39.0 Å². The van der Waals surface area contributed by atoms with Gasteiger partial charge in [-0.25, -0.2) is 8.42 Å². The summed E-state index contributed by atoms with van der Waals surface area (Å²) >= 11 is 5.90. The van der Waals surface area contributed by atoms with E-state index in [1.165, 1.54) is 5.56 Å². The molecule has 0 radical (unpaired) electrons. The Kier molecular flexibility index (Phi) is 7.05. The van der Waals surface area contributed by atoms with E-state index in [4.69, 9.17) is 11.6 Å². The minimum absolute atomic E-state index is 0.0635. The van der Waals surface area contributed by atoms with Crippen molar-refractivity contribution in [2.45, 2.75) is 57.0 Å². The van der Waals surface area contributed by atoms with Crippen molar-refractivity contribution in [3.8, 4) is 0 Å². The molecule has 0 N–H and O–H groups in total. The van der Waals surface area contributed by atoms with Crippen molar-refractivity contribution < 1.29 is 8.42 Å². The van der Waals surface area contributed by atoms with Crippen molar-refractivity contribution in [1.29, 1.82) is 0 Å². The van der Waals surface area contributed by atoms with E-state index in [9.17, 15) is 8.42 Å². The largest absolute Gasteiger partial charge is 0.243 e. The van der Waals surface area contributed by atoms with Crippen LogP contribution in [0.2, 0.25) is 5.02 Å². The number of aryl methyl sites for hydroxylation is 1.